The zero-order valence-electron chi connectivity index (χ0n) is 17.1. The molecule has 1 aliphatic rings. The van der Waals surface area contributed by atoms with Crippen molar-refractivity contribution in [2.24, 2.45) is 10.7 Å². The van der Waals surface area contributed by atoms with Crippen molar-refractivity contribution < 1.29 is 9.13 Å². The Bertz CT molecular complexity index is 808. The molecule has 3 rings (SSSR count). The average molecular weight is 547 g/mol. The summed E-state index contributed by atoms with van der Waals surface area (Å²) in [6.45, 7) is 2.85. The quantitative estimate of drug-likeness (QED) is 0.293. The Morgan fingerprint density at radius 1 is 1.23 bits per heavy atom. The molecule has 2 aromatic rings. The largest absolute Gasteiger partial charge is 0.497 e. The van der Waals surface area contributed by atoms with Crippen LogP contribution in [0.3, 0.4) is 0 Å². The highest BCUT2D eigenvalue weighted by molar-refractivity contribution is 14.0. The molecular formula is C22H29ClFIN4O. The highest BCUT2D eigenvalue weighted by Crippen LogP contribution is 2.32. The standard InChI is InChI=1S/C22H28ClFN4O.HI/c1-29-17-9-7-16(8-10-17)11-12-26-22(25)27-15-20(28-13-2-3-14-28)21-18(23)5-4-6-19(21)24;/h4-10,20H,2-3,11-15H2,1H3,(H3,25,26,27);1H. The first-order valence-electron chi connectivity index (χ1n) is 9.93. The zero-order chi connectivity index (χ0) is 20.6. The van der Waals surface area contributed by atoms with Crippen molar-refractivity contribution in [2.75, 3.05) is 33.3 Å². The summed E-state index contributed by atoms with van der Waals surface area (Å²) in [4.78, 5) is 6.72. The molecule has 0 aromatic heterocycles. The number of nitrogens with zero attached hydrogens (tertiary/aromatic N) is 2. The summed E-state index contributed by atoms with van der Waals surface area (Å²) in [7, 11) is 1.65. The summed E-state index contributed by atoms with van der Waals surface area (Å²) in [6, 6.07) is 12.5. The van der Waals surface area contributed by atoms with Crippen molar-refractivity contribution in [1.82, 2.24) is 10.2 Å². The fraction of sp³-hybridized carbons (Fsp3) is 0.409. The van der Waals surface area contributed by atoms with E-state index >= 15 is 0 Å². The van der Waals surface area contributed by atoms with Crippen LogP contribution >= 0.6 is 35.6 Å². The Morgan fingerprint density at radius 3 is 2.57 bits per heavy atom. The topological polar surface area (TPSA) is 62.9 Å². The van der Waals surface area contributed by atoms with Gasteiger partial charge in [0.1, 0.15) is 11.6 Å². The highest BCUT2D eigenvalue weighted by atomic mass is 127. The summed E-state index contributed by atoms with van der Waals surface area (Å²) >= 11 is 6.32. The van der Waals surface area contributed by atoms with Crippen LogP contribution in [-0.4, -0.2) is 44.1 Å². The molecular weight excluding hydrogens is 518 g/mol. The molecule has 0 aliphatic carbocycles. The Morgan fingerprint density at radius 2 is 1.93 bits per heavy atom. The van der Waals surface area contributed by atoms with Gasteiger partial charge in [0.15, 0.2) is 5.96 Å². The lowest BCUT2D eigenvalue weighted by Gasteiger charge is -2.27. The van der Waals surface area contributed by atoms with Crippen LogP contribution in [-0.2, 0) is 6.42 Å². The van der Waals surface area contributed by atoms with Crippen LogP contribution in [0.4, 0.5) is 4.39 Å². The van der Waals surface area contributed by atoms with Crippen molar-refractivity contribution in [3.63, 3.8) is 0 Å². The van der Waals surface area contributed by atoms with Crippen LogP contribution < -0.4 is 15.8 Å². The second-order valence-electron chi connectivity index (χ2n) is 7.14. The lowest BCUT2D eigenvalue weighted by atomic mass is 10.0. The second-order valence-corrected chi connectivity index (χ2v) is 7.55. The number of ether oxygens (including phenoxy) is 1. The molecule has 3 N–H and O–H groups in total. The van der Waals surface area contributed by atoms with Crippen LogP contribution in [0.25, 0.3) is 0 Å². The number of hydrogen-bond acceptors (Lipinski definition) is 3. The van der Waals surface area contributed by atoms with Gasteiger partial charge in [0.2, 0.25) is 0 Å². The smallest absolute Gasteiger partial charge is 0.188 e. The van der Waals surface area contributed by atoms with E-state index in [0.717, 1.165) is 38.1 Å². The third-order valence-corrected chi connectivity index (χ3v) is 5.56. The monoisotopic (exact) mass is 546 g/mol. The van der Waals surface area contributed by atoms with Crippen LogP contribution in [0.15, 0.2) is 47.5 Å². The number of guanidine groups is 1. The van der Waals surface area contributed by atoms with Crippen molar-refractivity contribution in [3.8, 4) is 5.75 Å². The van der Waals surface area contributed by atoms with Gasteiger partial charge < -0.3 is 15.8 Å². The van der Waals surface area contributed by atoms with Crippen molar-refractivity contribution in [3.05, 3.63) is 64.4 Å². The minimum Gasteiger partial charge on any atom is -0.497 e. The van der Waals surface area contributed by atoms with Gasteiger partial charge in [-0.05, 0) is 62.2 Å². The molecule has 0 bridgehead atoms. The van der Waals surface area contributed by atoms with E-state index in [1.807, 2.05) is 24.3 Å². The normalized spacial score (nSPS) is 15.5. The van der Waals surface area contributed by atoms with Crippen molar-refractivity contribution in [1.29, 1.82) is 0 Å². The van der Waals surface area contributed by atoms with E-state index in [4.69, 9.17) is 22.1 Å². The Labute approximate surface area is 199 Å². The fourth-order valence-electron chi connectivity index (χ4n) is 3.64. The molecule has 0 amide bonds. The molecule has 0 saturated carbocycles. The molecule has 1 unspecified atom stereocenters. The van der Waals surface area contributed by atoms with E-state index in [1.54, 1.807) is 19.2 Å². The lowest BCUT2D eigenvalue weighted by Crippen LogP contribution is -2.35. The molecule has 2 aromatic carbocycles. The number of nitrogens with one attached hydrogen (secondary N) is 1. The number of nitrogens with two attached hydrogens (primary N) is 1. The van der Waals surface area contributed by atoms with Crippen LogP contribution in [0.5, 0.6) is 5.75 Å². The van der Waals surface area contributed by atoms with Crippen LogP contribution in [0.1, 0.15) is 30.0 Å². The molecule has 0 spiro atoms. The van der Waals surface area contributed by atoms with Gasteiger partial charge in [-0.2, -0.15) is 0 Å². The maximum atomic E-state index is 14.5. The number of hydrogen-bond donors (Lipinski definition) is 2. The molecule has 30 heavy (non-hydrogen) atoms. The Balaban J connectivity index is 0.00000320. The summed E-state index contributed by atoms with van der Waals surface area (Å²) in [5, 5.41) is 3.57. The number of rotatable bonds is 8. The van der Waals surface area contributed by atoms with Crippen molar-refractivity contribution >= 4 is 41.5 Å². The predicted molar refractivity (Wildman–Crippen MR) is 132 cm³/mol. The van der Waals surface area contributed by atoms with E-state index in [0.29, 0.717) is 29.6 Å². The number of methoxy groups -OCH3 is 1. The van der Waals surface area contributed by atoms with E-state index in [1.165, 1.54) is 11.6 Å². The maximum Gasteiger partial charge on any atom is 0.188 e. The molecule has 1 heterocycles. The number of aliphatic imine (C=N–C) groups is 1. The molecule has 1 saturated heterocycles. The summed E-state index contributed by atoms with van der Waals surface area (Å²) < 4.78 is 19.7. The summed E-state index contributed by atoms with van der Waals surface area (Å²) in [5.41, 5.74) is 7.74. The number of benzene rings is 2. The van der Waals surface area contributed by atoms with Gasteiger partial charge in [-0.1, -0.05) is 29.8 Å². The van der Waals surface area contributed by atoms with E-state index in [-0.39, 0.29) is 35.8 Å². The minimum absolute atomic E-state index is 0. The fourth-order valence-corrected chi connectivity index (χ4v) is 3.93. The first-order chi connectivity index (χ1) is 14.1. The Kier molecular flexibility index (Phi) is 10.1. The minimum atomic E-state index is -0.296. The zero-order valence-corrected chi connectivity index (χ0v) is 20.2. The summed E-state index contributed by atoms with van der Waals surface area (Å²) in [5.74, 6) is 0.897. The van der Waals surface area contributed by atoms with Gasteiger partial charge in [-0.3, -0.25) is 9.89 Å². The number of halogens is 3. The predicted octanol–water partition coefficient (Wildman–Crippen LogP) is 4.39. The second kappa shape index (κ2) is 12.3. The molecule has 5 nitrogen and oxygen atoms in total. The third kappa shape index (κ3) is 6.72. The van der Waals surface area contributed by atoms with E-state index in [2.05, 4.69) is 15.2 Å². The Hall–Kier alpha value is -1.58. The summed E-state index contributed by atoms with van der Waals surface area (Å²) in [6.07, 6.45) is 3.01. The first-order valence-corrected chi connectivity index (χ1v) is 10.3. The third-order valence-electron chi connectivity index (χ3n) is 5.23. The van der Waals surface area contributed by atoms with Gasteiger partial charge >= 0.3 is 0 Å². The van der Waals surface area contributed by atoms with Gasteiger partial charge in [-0.15, -0.1) is 24.0 Å². The van der Waals surface area contributed by atoms with Crippen LogP contribution in [0.2, 0.25) is 5.02 Å². The average Bonchev–Trinajstić information content (AvgIpc) is 3.25. The molecule has 1 fully saturated rings. The molecule has 0 radical (unpaired) electrons. The van der Waals surface area contributed by atoms with E-state index in [9.17, 15) is 4.39 Å². The molecule has 1 aliphatic heterocycles. The molecule has 8 heteroatoms. The number of likely N-dealkylation sites (tertiary alicyclic amines) is 1. The van der Waals surface area contributed by atoms with Gasteiger partial charge in [0, 0.05) is 17.1 Å². The van der Waals surface area contributed by atoms with Crippen molar-refractivity contribution in [2.45, 2.75) is 25.3 Å². The van der Waals surface area contributed by atoms with Gasteiger partial charge in [0.25, 0.3) is 0 Å². The van der Waals surface area contributed by atoms with Gasteiger partial charge in [-0.25, -0.2) is 4.39 Å². The van der Waals surface area contributed by atoms with Gasteiger partial charge in [0.05, 0.1) is 19.7 Å². The lowest BCUT2D eigenvalue weighted by molar-refractivity contribution is 0.246. The first kappa shape index (κ1) is 24.7. The van der Waals surface area contributed by atoms with Crippen LogP contribution in [0, 0.1) is 5.82 Å². The van der Waals surface area contributed by atoms with E-state index < -0.39 is 0 Å². The SMILES string of the molecule is COc1ccc(CCNC(N)=NCC(c2c(F)cccc2Cl)N2CCCC2)cc1.I. The molecule has 164 valence electrons. The maximum absolute atomic E-state index is 14.5. The highest BCUT2D eigenvalue weighted by Gasteiger charge is 2.27. The molecule has 1 atom stereocenters.